The minimum atomic E-state index is -0.198. The van der Waals surface area contributed by atoms with Crippen LogP contribution >= 0.6 is 0 Å². The minimum Gasteiger partial charge on any atom is -0.342 e. The Morgan fingerprint density at radius 3 is 2.38 bits per heavy atom. The van der Waals surface area contributed by atoms with Crippen molar-refractivity contribution >= 4 is 17.5 Å². The van der Waals surface area contributed by atoms with Gasteiger partial charge in [0.15, 0.2) is 0 Å². The first kappa shape index (κ1) is 17.0. The normalized spacial score (nSPS) is 27.7. The average Bonchev–Trinajstić information content (AvgIpc) is 2.87. The Kier molecular flexibility index (Phi) is 4.66. The maximum absolute atomic E-state index is 12.9. The Bertz CT molecular complexity index is 645. The van der Waals surface area contributed by atoms with Gasteiger partial charge in [0.25, 0.3) is 0 Å². The number of rotatable bonds is 2. The standard InChI is InChI=1S/C20H28N2O2/c1-13-5-6-18(16(4)8-13)22-12-17(9-19(22)23)20(24)21-10-14(2)7-15(3)11-21/h5-6,8,14-15,17H,7,9-12H2,1-4H3. The van der Waals surface area contributed by atoms with Crippen LogP contribution < -0.4 is 4.90 Å². The summed E-state index contributed by atoms with van der Waals surface area (Å²) in [6, 6.07) is 6.12. The predicted octanol–water partition coefficient (Wildman–Crippen LogP) is 3.16. The van der Waals surface area contributed by atoms with Crippen LogP contribution in [0.15, 0.2) is 18.2 Å². The predicted molar refractivity (Wildman–Crippen MR) is 95.9 cm³/mol. The first-order valence-corrected chi connectivity index (χ1v) is 9.01. The zero-order valence-electron chi connectivity index (χ0n) is 15.2. The number of aryl methyl sites for hydroxylation is 2. The van der Waals surface area contributed by atoms with Crippen molar-refractivity contribution in [1.29, 1.82) is 0 Å². The molecule has 3 rings (SSSR count). The molecule has 3 atom stereocenters. The van der Waals surface area contributed by atoms with Crippen molar-refractivity contribution in [3.63, 3.8) is 0 Å². The third-order valence-electron chi connectivity index (χ3n) is 5.30. The molecule has 0 radical (unpaired) electrons. The first-order valence-electron chi connectivity index (χ1n) is 9.01. The van der Waals surface area contributed by atoms with E-state index in [1.807, 2.05) is 30.9 Å². The number of carbonyl (C=O) groups excluding carboxylic acids is 2. The maximum atomic E-state index is 12.9. The summed E-state index contributed by atoms with van der Waals surface area (Å²) in [5, 5.41) is 0. The summed E-state index contributed by atoms with van der Waals surface area (Å²) < 4.78 is 0. The average molecular weight is 328 g/mol. The topological polar surface area (TPSA) is 40.6 Å². The Morgan fingerprint density at radius 1 is 1.08 bits per heavy atom. The van der Waals surface area contributed by atoms with E-state index < -0.39 is 0 Å². The summed E-state index contributed by atoms with van der Waals surface area (Å²) in [4.78, 5) is 29.2. The van der Waals surface area contributed by atoms with Crippen LogP contribution in [0.25, 0.3) is 0 Å². The smallest absolute Gasteiger partial charge is 0.228 e. The second-order valence-corrected chi connectivity index (χ2v) is 7.88. The number of hydrogen-bond acceptors (Lipinski definition) is 2. The van der Waals surface area contributed by atoms with E-state index in [0.29, 0.717) is 24.8 Å². The van der Waals surface area contributed by atoms with Crippen molar-refractivity contribution in [3.8, 4) is 0 Å². The zero-order valence-corrected chi connectivity index (χ0v) is 15.2. The van der Waals surface area contributed by atoms with E-state index >= 15 is 0 Å². The molecule has 2 saturated heterocycles. The Morgan fingerprint density at radius 2 is 1.75 bits per heavy atom. The lowest BCUT2D eigenvalue weighted by Gasteiger charge is -2.36. The highest BCUT2D eigenvalue weighted by atomic mass is 16.2. The van der Waals surface area contributed by atoms with E-state index in [-0.39, 0.29) is 17.7 Å². The van der Waals surface area contributed by atoms with Crippen LogP contribution in [0.1, 0.15) is 37.8 Å². The van der Waals surface area contributed by atoms with Gasteiger partial charge < -0.3 is 9.80 Å². The maximum Gasteiger partial charge on any atom is 0.228 e. The van der Waals surface area contributed by atoms with Crippen molar-refractivity contribution in [2.45, 2.75) is 40.5 Å². The summed E-state index contributed by atoms with van der Waals surface area (Å²) in [6.07, 6.45) is 1.52. The van der Waals surface area contributed by atoms with Crippen molar-refractivity contribution in [2.24, 2.45) is 17.8 Å². The molecule has 2 amide bonds. The van der Waals surface area contributed by atoms with Crippen LogP contribution in [-0.2, 0) is 9.59 Å². The van der Waals surface area contributed by atoms with Gasteiger partial charge in [-0.25, -0.2) is 0 Å². The van der Waals surface area contributed by atoms with Gasteiger partial charge in [0.2, 0.25) is 11.8 Å². The van der Waals surface area contributed by atoms with Gasteiger partial charge in [-0.2, -0.15) is 0 Å². The van der Waals surface area contributed by atoms with E-state index in [1.165, 1.54) is 12.0 Å². The molecule has 0 aromatic heterocycles. The highest BCUT2D eigenvalue weighted by molar-refractivity contribution is 6.00. The molecule has 24 heavy (non-hydrogen) atoms. The lowest BCUT2D eigenvalue weighted by atomic mass is 9.91. The monoisotopic (exact) mass is 328 g/mol. The van der Waals surface area contributed by atoms with E-state index in [1.54, 1.807) is 4.90 Å². The Balaban J connectivity index is 1.73. The lowest BCUT2D eigenvalue weighted by Crippen LogP contribution is -2.45. The fourth-order valence-electron chi connectivity index (χ4n) is 4.32. The molecule has 2 aliphatic heterocycles. The second-order valence-electron chi connectivity index (χ2n) is 7.88. The van der Waals surface area contributed by atoms with Gasteiger partial charge in [-0.05, 0) is 43.7 Å². The third kappa shape index (κ3) is 3.33. The molecule has 2 aliphatic rings. The summed E-state index contributed by atoms with van der Waals surface area (Å²) in [6.45, 7) is 10.7. The summed E-state index contributed by atoms with van der Waals surface area (Å²) in [5.41, 5.74) is 3.23. The van der Waals surface area contributed by atoms with Crippen molar-refractivity contribution in [2.75, 3.05) is 24.5 Å². The number of nitrogens with zero attached hydrogens (tertiary/aromatic N) is 2. The number of amides is 2. The number of carbonyl (C=O) groups is 2. The molecule has 130 valence electrons. The first-order chi connectivity index (χ1) is 11.3. The van der Waals surface area contributed by atoms with Crippen LogP contribution in [0.3, 0.4) is 0 Å². The highest BCUT2D eigenvalue weighted by Crippen LogP contribution is 2.31. The van der Waals surface area contributed by atoms with Crippen LogP contribution in [0, 0.1) is 31.6 Å². The van der Waals surface area contributed by atoms with Crippen LogP contribution in [-0.4, -0.2) is 36.3 Å². The fourth-order valence-corrected chi connectivity index (χ4v) is 4.32. The fraction of sp³-hybridized carbons (Fsp3) is 0.600. The van der Waals surface area contributed by atoms with E-state index in [2.05, 4.69) is 19.9 Å². The minimum absolute atomic E-state index is 0.0680. The Labute approximate surface area is 144 Å². The van der Waals surface area contributed by atoms with Crippen LogP contribution in [0.5, 0.6) is 0 Å². The molecule has 2 fully saturated rings. The molecule has 0 aliphatic carbocycles. The van der Waals surface area contributed by atoms with E-state index in [4.69, 9.17) is 0 Å². The van der Waals surface area contributed by atoms with Gasteiger partial charge in [0.05, 0.1) is 5.92 Å². The van der Waals surface area contributed by atoms with Crippen LogP contribution in [0.2, 0.25) is 0 Å². The molecule has 0 N–H and O–H groups in total. The highest BCUT2D eigenvalue weighted by Gasteiger charge is 2.39. The zero-order chi connectivity index (χ0) is 17.4. The van der Waals surface area contributed by atoms with Crippen LogP contribution in [0.4, 0.5) is 5.69 Å². The number of piperidine rings is 1. The van der Waals surface area contributed by atoms with Gasteiger partial charge in [-0.1, -0.05) is 31.5 Å². The van der Waals surface area contributed by atoms with Crippen molar-refractivity contribution in [1.82, 2.24) is 4.90 Å². The van der Waals surface area contributed by atoms with Crippen molar-refractivity contribution in [3.05, 3.63) is 29.3 Å². The number of anilines is 1. The summed E-state index contributed by atoms with van der Waals surface area (Å²) in [5.74, 6) is 1.12. The number of likely N-dealkylation sites (tertiary alicyclic amines) is 1. The van der Waals surface area contributed by atoms with Crippen molar-refractivity contribution < 1.29 is 9.59 Å². The molecular formula is C20H28N2O2. The van der Waals surface area contributed by atoms with Gasteiger partial charge in [0.1, 0.15) is 0 Å². The summed E-state index contributed by atoms with van der Waals surface area (Å²) >= 11 is 0. The SMILES string of the molecule is Cc1ccc(N2CC(C(=O)N3CC(C)CC(C)C3)CC2=O)c(C)c1. The molecule has 1 aromatic carbocycles. The van der Waals surface area contributed by atoms with Gasteiger partial charge in [-0.3, -0.25) is 9.59 Å². The second kappa shape index (κ2) is 6.58. The largest absolute Gasteiger partial charge is 0.342 e. The molecule has 4 nitrogen and oxygen atoms in total. The molecule has 0 saturated carbocycles. The Hall–Kier alpha value is -1.84. The van der Waals surface area contributed by atoms with Gasteiger partial charge in [-0.15, -0.1) is 0 Å². The van der Waals surface area contributed by atoms with Gasteiger partial charge in [0, 0.05) is 31.7 Å². The molecule has 4 heteroatoms. The quantitative estimate of drug-likeness (QED) is 0.837. The molecule has 2 heterocycles. The third-order valence-corrected chi connectivity index (χ3v) is 5.30. The number of benzene rings is 1. The van der Waals surface area contributed by atoms with Gasteiger partial charge >= 0.3 is 0 Å². The molecule has 0 spiro atoms. The van der Waals surface area contributed by atoms with E-state index in [9.17, 15) is 9.59 Å². The van der Waals surface area contributed by atoms with E-state index in [0.717, 1.165) is 24.3 Å². The molecule has 0 bridgehead atoms. The molecule has 1 aromatic rings. The molecule has 3 unspecified atom stereocenters. The number of hydrogen-bond donors (Lipinski definition) is 0. The lowest BCUT2D eigenvalue weighted by molar-refractivity contribution is -0.138. The molecular weight excluding hydrogens is 300 g/mol. The summed E-state index contributed by atoms with van der Waals surface area (Å²) in [7, 11) is 0.